The third-order valence-electron chi connectivity index (χ3n) is 7.31. The van der Waals surface area contributed by atoms with Crippen molar-refractivity contribution in [3.8, 4) is 0 Å². The van der Waals surface area contributed by atoms with Crippen LogP contribution in [0.1, 0.15) is 0 Å². The lowest BCUT2D eigenvalue weighted by Crippen LogP contribution is -2.57. The zero-order valence-electron chi connectivity index (χ0n) is 24.8. The van der Waals surface area contributed by atoms with E-state index in [4.69, 9.17) is 3.87 Å². The van der Waals surface area contributed by atoms with E-state index in [9.17, 15) is 21.6 Å². The van der Waals surface area contributed by atoms with E-state index in [-0.39, 0.29) is 0 Å². The average molecular weight is 700 g/mol. The zero-order valence-corrected chi connectivity index (χ0v) is 28.4. The van der Waals surface area contributed by atoms with Crippen LogP contribution in [0, 0.1) is 0 Å². The summed E-state index contributed by atoms with van der Waals surface area (Å²) >= 11 is 0. The second kappa shape index (κ2) is 14.5. The molecule has 0 heterocycles. The highest BCUT2D eigenvalue weighted by molar-refractivity contribution is 7.88. The third kappa shape index (κ3) is 7.33. The van der Waals surface area contributed by atoms with Gasteiger partial charge in [-0.15, -0.1) is 0 Å². The standard InChI is InChI=1S/C37H28F3O3P2SSi/c38-37(39,40)46(41,42)43-47(35-27-15-13-25-33(35)44(29-17-5-1-6-18-29)30-19-7-2-8-20-30)36-28-16-14-26-34(36)45(31-21-9-3-10-22-31)32-23-11-4-12-24-32/h1-28H. The normalized spacial score (nSPS) is 12.1. The first kappa shape index (κ1) is 33.0. The zero-order chi connectivity index (χ0) is 32.9. The van der Waals surface area contributed by atoms with Crippen molar-refractivity contribution in [2.24, 2.45) is 0 Å². The van der Waals surface area contributed by atoms with E-state index < -0.39 is 40.5 Å². The van der Waals surface area contributed by atoms with Crippen molar-refractivity contribution in [3.05, 3.63) is 170 Å². The van der Waals surface area contributed by atoms with Gasteiger partial charge in [0.1, 0.15) is 0 Å². The molecule has 0 fully saturated rings. The molecular weight excluding hydrogens is 671 g/mol. The Labute approximate surface area is 277 Å². The number of alkyl halides is 3. The summed E-state index contributed by atoms with van der Waals surface area (Å²) in [6.45, 7) is 0. The van der Waals surface area contributed by atoms with Crippen molar-refractivity contribution in [2.75, 3.05) is 0 Å². The van der Waals surface area contributed by atoms with E-state index in [0.29, 0.717) is 10.4 Å². The van der Waals surface area contributed by atoms with E-state index >= 15 is 0 Å². The molecule has 0 unspecified atom stereocenters. The van der Waals surface area contributed by atoms with Crippen LogP contribution >= 0.6 is 15.8 Å². The van der Waals surface area contributed by atoms with Gasteiger partial charge in [-0.25, -0.2) is 0 Å². The van der Waals surface area contributed by atoms with Gasteiger partial charge < -0.3 is 0 Å². The van der Waals surface area contributed by atoms with Crippen LogP contribution in [-0.2, 0) is 14.0 Å². The highest BCUT2D eigenvalue weighted by atomic mass is 32.2. The lowest BCUT2D eigenvalue weighted by Gasteiger charge is -2.28. The Hall–Kier alpha value is -3.90. The van der Waals surface area contributed by atoms with Gasteiger partial charge in [-0.2, -0.15) is 21.6 Å². The van der Waals surface area contributed by atoms with Crippen molar-refractivity contribution < 1.29 is 25.5 Å². The van der Waals surface area contributed by atoms with E-state index in [0.717, 1.165) is 31.8 Å². The van der Waals surface area contributed by atoms with Crippen molar-refractivity contribution >= 4 is 77.2 Å². The van der Waals surface area contributed by atoms with Crippen molar-refractivity contribution in [1.29, 1.82) is 0 Å². The van der Waals surface area contributed by atoms with Crippen LogP contribution in [0.3, 0.4) is 0 Å². The molecule has 6 aromatic carbocycles. The molecule has 3 nitrogen and oxygen atoms in total. The van der Waals surface area contributed by atoms with E-state index in [1.54, 1.807) is 24.3 Å². The SMILES string of the molecule is O=S(=O)(O[Si](c1ccccc1P(c1ccccc1)c1ccccc1)c1ccccc1P(c1ccccc1)c1ccccc1)C(F)(F)F. The van der Waals surface area contributed by atoms with Gasteiger partial charge in [-0.05, 0) is 58.0 Å². The molecule has 6 rings (SSSR count). The molecule has 6 aromatic rings. The Balaban J connectivity index is 1.62. The summed E-state index contributed by atoms with van der Waals surface area (Å²) in [5, 5.41) is 6.29. The van der Waals surface area contributed by atoms with Gasteiger partial charge in [0.05, 0.1) is 0 Å². The van der Waals surface area contributed by atoms with Crippen LogP contribution in [0.25, 0.3) is 0 Å². The molecule has 0 saturated heterocycles. The molecule has 0 atom stereocenters. The van der Waals surface area contributed by atoms with Gasteiger partial charge in [-0.3, -0.25) is 3.87 Å². The summed E-state index contributed by atoms with van der Waals surface area (Å²) < 4.78 is 73.7. The van der Waals surface area contributed by atoms with Crippen molar-refractivity contribution in [1.82, 2.24) is 0 Å². The second-order valence-electron chi connectivity index (χ2n) is 10.4. The molecule has 0 spiro atoms. The average Bonchev–Trinajstić information content (AvgIpc) is 3.10. The van der Waals surface area contributed by atoms with Gasteiger partial charge in [0.2, 0.25) is 0 Å². The molecule has 0 aromatic heterocycles. The molecule has 10 heteroatoms. The van der Waals surface area contributed by atoms with Crippen molar-refractivity contribution in [2.45, 2.75) is 5.51 Å². The van der Waals surface area contributed by atoms with Crippen LogP contribution in [0.2, 0.25) is 0 Å². The van der Waals surface area contributed by atoms with Gasteiger partial charge in [0, 0.05) is 0 Å². The summed E-state index contributed by atoms with van der Waals surface area (Å²) in [6.07, 6.45) is 0. The van der Waals surface area contributed by atoms with Crippen LogP contribution in [0.15, 0.2) is 170 Å². The molecule has 0 aliphatic rings. The summed E-state index contributed by atoms with van der Waals surface area (Å²) in [5.41, 5.74) is -5.60. The molecule has 0 aliphatic heterocycles. The lowest BCUT2D eigenvalue weighted by molar-refractivity contribution is -0.0500. The molecule has 0 N–H and O–H groups in total. The number of rotatable bonds is 10. The predicted molar refractivity (Wildman–Crippen MR) is 191 cm³/mol. The Morgan fingerprint density at radius 1 is 0.447 bits per heavy atom. The summed E-state index contributed by atoms with van der Waals surface area (Å²) in [6, 6.07) is 53.3. The fourth-order valence-electron chi connectivity index (χ4n) is 5.28. The summed E-state index contributed by atoms with van der Waals surface area (Å²) in [7, 11) is -11.7. The summed E-state index contributed by atoms with van der Waals surface area (Å²) in [5.74, 6) is 0. The van der Waals surface area contributed by atoms with E-state index in [1.807, 2.05) is 146 Å². The molecule has 1 radical (unpaired) electrons. The van der Waals surface area contributed by atoms with Crippen LogP contribution < -0.4 is 42.2 Å². The monoisotopic (exact) mass is 699 g/mol. The van der Waals surface area contributed by atoms with Gasteiger partial charge >= 0.3 is 24.7 Å². The quantitative estimate of drug-likeness (QED) is 0.113. The Morgan fingerprint density at radius 2 is 0.723 bits per heavy atom. The largest absolute Gasteiger partial charge is 0.522 e. The first-order valence-corrected chi connectivity index (χ1v) is 20.1. The Morgan fingerprint density at radius 3 is 1.02 bits per heavy atom. The molecule has 0 saturated carbocycles. The second-order valence-corrected chi connectivity index (χ2v) is 18.5. The van der Waals surface area contributed by atoms with Gasteiger partial charge in [-0.1, -0.05) is 170 Å². The maximum Gasteiger partial charge on any atom is 0.522 e. The number of halogens is 3. The number of hydrogen-bond donors (Lipinski definition) is 0. The smallest absolute Gasteiger partial charge is 0.296 e. The van der Waals surface area contributed by atoms with Gasteiger partial charge in [0.25, 0.3) is 0 Å². The first-order valence-electron chi connectivity index (χ1n) is 14.6. The molecule has 235 valence electrons. The Bertz CT molecular complexity index is 1830. The van der Waals surface area contributed by atoms with E-state index in [1.165, 1.54) is 0 Å². The Kier molecular flexibility index (Phi) is 10.2. The molecular formula is C37H28F3O3P2SSi. The van der Waals surface area contributed by atoms with Gasteiger partial charge in [0.15, 0.2) is 0 Å². The maximum atomic E-state index is 14.1. The highest BCUT2D eigenvalue weighted by Crippen LogP contribution is 2.34. The molecule has 0 bridgehead atoms. The maximum absolute atomic E-state index is 14.1. The van der Waals surface area contributed by atoms with Crippen LogP contribution in [-0.4, -0.2) is 23.0 Å². The van der Waals surface area contributed by atoms with Crippen LogP contribution in [0.4, 0.5) is 13.2 Å². The molecule has 47 heavy (non-hydrogen) atoms. The third-order valence-corrected chi connectivity index (χ3v) is 16.7. The minimum absolute atomic E-state index is 0.452. The molecule has 0 aliphatic carbocycles. The highest BCUT2D eigenvalue weighted by Gasteiger charge is 2.50. The minimum atomic E-state index is -5.98. The summed E-state index contributed by atoms with van der Waals surface area (Å²) in [4.78, 5) is 0. The fourth-order valence-corrected chi connectivity index (χ4v) is 14.6. The van der Waals surface area contributed by atoms with E-state index in [2.05, 4.69) is 0 Å². The van der Waals surface area contributed by atoms with Crippen LogP contribution in [0.5, 0.6) is 0 Å². The number of hydrogen-bond acceptors (Lipinski definition) is 3. The molecule has 0 amide bonds. The topological polar surface area (TPSA) is 43.4 Å². The van der Waals surface area contributed by atoms with Crippen molar-refractivity contribution in [3.63, 3.8) is 0 Å². The fraction of sp³-hybridized carbons (Fsp3) is 0.0270. The minimum Gasteiger partial charge on any atom is -0.296 e. The first-order chi connectivity index (χ1) is 22.7. The lowest BCUT2D eigenvalue weighted by atomic mass is 10.3. The number of benzene rings is 6. The predicted octanol–water partition coefficient (Wildman–Crippen LogP) is 5.17.